The van der Waals surface area contributed by atoms with E-state index in [1.54, 1.807) is 31.3 Å². The molecule has 1 N–H and O–H groups in total. The number of aliphatic hydroxyl groups is 1. The van der Waals surface area contributed by atoms with Gasteiger partial charge in [0.2, 0.25) is 0 Å². The molecule has 7 heteroatoms. The molecule has 1 heterocycles. The van der Waals surface area contributed by atoms with Crippen molar-refractivity contribution < 1.29 is 23.8 Å². The predicted octanol–water partition coefficient (Wildman–Crippen LogP) is 2.82. The number of benzene rings is 2. The third-order valence-corrected chi connectivity index (χ3v) is 4.58. The maximum atomic E-state index is 13.4. The summed E-state index contributed by atoms with van der Waals surface area (Å²) in [4.78, 5) is 29.3. The van der Waals surface area contributed by atoms with E-state index in [2.05, 4.69) is 0 Å². The minimum Gasteiger partial charge on any atom is -0.491 e. The van der Waals surface area contributed by atoms with Gasteiger partial charge in [0.05, 0.1) is 24.5 Å². The number of rotatable bonds is 8. The number of para-hydroxylation sites is 2. The molecule has 0 saturated carbocycles. The number of carbonyl (C=O) groups is 2. The number of hydrogen-bond donors (Lipinski definition) is 1. The Bertz CT molecular complexity index is 940. The molecule has 1 aliphatic rings. The summed E-state index contributed by atoms with van der Waals surface area (Å²) in [6.45, 7) is 2.39. The van der Waals surface area contributed by atoms with Gasteiger partial charge in [0.15, 0.2) is 0 Å². The Morgan fingerprint density at radius 1 is 1.07 bits per heavy atom. The lowest BCUT2D eigenvalue weighted by atomic mass is 10.0. The van der Waals surface area contributed by atoms with Gasteiger partial charge < -0.3 is 14.7 Å². The van der Waals surface area contributed by atoms with Crippen molar-refractivity contribution in [2.45, 2.75) is 13.3 Å². The second-order valence-corrected chi connectivity index (χ2v) is 6.64. The quantitative estimate of drug-likeness (QED) is 0.693. The van der Waals surface area contributed by atoms with Crippen LogP contribution in [0.2, 0.25) is 0 Å². The van der Waals surface area contributed by atoms with Crippen LogP contribution in [0, 0.1) is 5.82 Å². The van der Waals surface area contributed by atoms with Crippen molar-refractivity contribution in [3.63, 3.8) is 0 Å². The van der Waals surface area contributed by atoms with Crippen molar-refractivity contribution in [1.29, 1.82) is 0 Å². The number of amides is 2. The Morgan fingerprint density at radius 3 is 2.41 bits per heavy atom. The molecule has 3 rings (SSSR count). The molecule has 1 aliphatic heterocycles. The van der Waals surface area contributed by atoms with Crippen molar-refractivity contribution in [3.05, 3.63) is 65.6 Å². The summed E-state index contributed by atoms with van der Waals surface area (Å²) in [7, 11) is 1.63. The number of likely N-dealkylation sites (N-methyl/N-ethyl adjacent to an activating group) is 1. The van der Waals surface area contributed by atoms with Gasteiger partial charge in [-0.15, -0.1) is 0 Å². The lowest BCUT2D eigenvalue weighted by Crippen LogP contribution is -2.35. The number of halogens is 1. The fourth-order valence-electron chi connectivity index (χ4n) is 3.21. The highest BCUT2D eigenvalue weighted by Crippen LogP contribution is 2.38. The molecular weight excluding hydrogens is 375 g/mol. The van der Waals surface area contributed by atoms with Crippen LogP contribution in [0.5, 0.6) is 5.75 Å². The molecular formula is C22H23FN2O4. The molecule has 2 amide bonds. The normalized spacial score (nSPS) is 14.0. The molecule has 0 fully saturated rings. The lowest BCUT2D eigenvalue weighted by molar-refractivity contribution is -0.120. The van der Waals surface area contributed by atoms with E-state index < -0.39 is 17.6 Å². The number of ether oxygens (including phenoxy) is 1. The Balaban J connectivity index is 2.10. The van der Waals surface area contributed by atoms with Crippen LogP contribution in [-0.4, -0.2) is 48.6 Å². The van der Waals surface area contributed by atoms with Crippen molar-refractivity contribution >= 4 is 23.1 Å². The Hall–Kier alpha value is -3.19. The summed E-state index contributed by atoms with van der Waals surface area (Å²) in [5.41, 5.74) is 1.10. The van der Waals surface area contributed by atoms with Gasteiger partial charge in [0.25, 0.3) is 11.8 Å². The van der Waals surface area contributed by atoms with E-state index in [-0.39, 0.29) is 24.4 Å². The molecule has 29 heavy (non-hydrogen) atoms. The van der Waals surface area contributed by atoms with E-state index in [1.165, 1.54) is 29.2 Å². The Kier molecular flexibility index (Phi) is 6.29. The first-order valence-electron chi connectivity index (χ1n) is 9.42. The zero-order valence-electron chi connectivity index (χ0n) is 16.4. The van der Waals surface area contributed by atoms with E-state index in [4.69, 9.17) is 4.74 Å². The largest absolute Gasteiger partial charge is 0.491 e. The second kappa shape index (κ2) is 8.87. The summed E-state index contributed by atoms with van der Waals surface area (Å²) in [5.74, 6) is -1.04. The lowest BCUT2D eigenvalue weighted by Gasteiger charge is -2.21. The van der Waals surface area contributed by atoms with E-state index in [9.17, 15) is 19.1 Å². The van der Waals surface area contributed by atoms with Gasteiger partial charge in [0.1, 0.15) is 17.3 Å². The van der Waals surface area contributed by atoms with Gasteiger partial charge in [0, 0.05) is 13.6 Å². The molecule has 0 saturated heterocycles. The molecule has 152 valence electrons. The smallest absolute Gasteiger partial charge is 0.282 e. The van der Waals surface area contributed by atoms with Gasteiger partial charge >= 0.3 is 0 Å². The highest BCUT2D eigenvalue weighted by Gasteiger charge is 2.42. The molecule has 0 aromatic heterocycles. The summed E-state index contributed by atoms with van der Waals surface area (Å²) < 4.78 is 19.1. The van der Waals surface area contributed by atoms with Crippen LogP contribution in [0.25, 0.3) is 5.57 Å². The van der Waals surface area contributed by atoms with Gasteiger partial charge in [-0.2, -0.15) is 0 Å². The minimum absolute atomic E-state index is 0.154. The molecule has 0 radical (unpaired) electrons. The number of anilines is 1. The van der Waals surface area contributed by atoms with Crippen LogP contribution >= 0.6 is 0 Å². The van der Waals surface area contributed by atoms with Gasteiger partial charge in [-0.05, 0) is 36.2 Å². The molecule has 0 aliphatic carbocycles. The van der Waals surface area contributed by atoms with Gasteiger partial charge in [-0.1, -0.05) is 31.2 Å². The number of imide groups is 1. The fraction of sp³-hybridized carbons (Fsp3) is 0.273. The van der Waals surface area contributed by atoms with Crippen LogP contribution in [0.4, 0.5) is 10.1 Å². The molecule has 0 spiro atoms. The number of carbonyl (C=O) groups excluding carboxylic acids is 2. The number of aliphatic hydroxyl groups excluding tert-OH is 1. The first kappa shape index (κ1) is 20.5. The molecule has 0 bridgehead atoms. The van der Waals surface area contributed by atoms with Crippen LogP contribution < -0.4 is 9.64 Å². The van der Waals surface area contributed by atoms with Crippen LogP contribution in [0.3, 0.4) is 0 Å². The average molecular weight is 398 g/mol. The van der Waals surface area contributed by atoms with Crippen molar-refractivity contribution in [2.24, 2.45) is 0 Å². The molecule has 0 unspecified atom stereocenters. The van der Waals surface area contributed by atoms with Gasteiger partial charge in [-0.25, -0.2) is 9.29 Å². The summed E-state index contributed by atoms with van der Waals surface area (Å²) >= 11 is 0. The van der Waals surface area contributed by atoms with Crippen molar-refractivity contribution in [2.75, 3.05) is 31.7 Å². The third kappa shape index (κ3) is 4.00. The molecule has 2 aromatic carbocycles. The maximum absolute atomic E-state index is 13.4. The fourth-order valence-corrected chi connectivity index (χ4v) is 3.21. The van der Waals surface area contributed by atoms with E-state index in [0.717, 1.165) is 11.3 Å². The van der Waals surface area contributed by atoms with Crippen LogP contribution in [0.1, 0.15) is 18.9 Å². The monoisotopic (exact) mass is 398 g/mol. The molecule has 2 aromatic rings. The SMILES string of the molecule is CCCOc1ccccc1N1C(=O)C(c2ccc(F)cc2)=C(N(C)CCO)C1=O. The van der Waals surface area contributed by atoms with E-state index in [0.29, 0.717) is 23.6 Å². The Labute approximate surface area is 168 Å². The average Bonchev–Trinajstić information content (AvgIpc) is 2.97. The Morgan fingerprint density at radius 2 is 1.76 bits per heavy atom. The minimum atomic E-state index is -0.519. The highest BCUT2D eigenvalue weighted by molar-refractivity contribution is 6.45. The molecule has 6 nitrogen and oxygen atoms in total. The van der Waals surface area contributed by atoms with Crippen LogP contribution in [0.15, 0.2) is 54.2 Å². The van der Waals surface area contributed by atoms with Crippen molar-refractivity contribution in [1.82, 2.24) is 4.90 Å². The highest BCUT2D eigenvalue weighted by atomic mass is 19.1. The summed E-state index contributed by atoms with van der Waals surface area (Å²) in [6, 6.07) is 12.3. The molecule has 0 atom stereocenters. The topological polar surface area (TPSA) is 70.1 Å². The maximum Gasteiger partial charge on any atom is 0.282 e. The number of hydrogen-bond acceptors (Lipinski definition) is 5. The summed E-state index contributed by atoms with van der Waals surface area (Å²) in [6.07, 6.45) is 0.778. The first-order chi connectivity index (χ1) is 14.0. The van der Waals surface area contributed by atoms with Crippen molar-refractivity contribution in [3.8, 4) is 5.75 Å². The standard InChI is InChI=1S/C22H23FN2O4/c1-3-14-29-18-7-5-4-6-17(18)25-21(27)19(15-8-10-16(23)11-9-15)20(22(25)28)24(2)12-13-26/h4-11,26H,3,12-14H2,1-2H3. The third-order valence-electron chi connectivity index (χ3n) is 4.58. The number of nitrogens with zero attached hydrogens (tertiary/aromatic N) is 2. The summed E-state index contributed by atoms with van der Waals surface area (Å²) in [5, 5.41) is 9.32. The predicted molar refractivity (Wildman–Crippen MR) is 108 cm³/mol. The van der Waals surface area contributed by atoms with Crippen LogP contribution in [-0.2, 0) is 9.59 Å². The van der Waals surface area contributed by atoms with Gasteiger partial charge in [-0.3, -0.25) is 9.59 Å². The zero-order chi connectivity index (χ0) is 21.0. The first-order valence-corrected chi connectivity index (χ1v) is 9.42. The van der Waals surface area contributed by atoms with E-state index in [1.807, 2.05) is 6.92 Å². The zero-order valence-corrected chi connectivity index (χ0v) is 16.4. The second-order valence-electron chi connectivity index (χ2n) is 6.64. The van der Waals surface area contributed by atoms with E-state index >= 15 is 0 Å².